The summed E-state index contributed by atoms with van der Waals surface area (Å²) in [6, 6.07) is 0.257. The number of ether oxygens (including phenoxy) is 1. The van der Waals surface area contributed by atoms with Gasteiger partial charge in [0.2, 0.25) is 0 Å². The Morgan fingerprint density at radius 1 is 1.25 bits per heavy atom. The molecule has 118 valence electrons. The number of likely N-dealkylation sites (N-methyl/N-ethyl adjacent to an activating group) is 1. The maximum Gasteiger partial charge on any atom is 0.282 e. The topological polar surface area (TPSA) is 61.9 Å². The summed E-state index contributed by atoms with van der Waals surface area (Å²) in [6.07, 6.45) is 3.01. The van der Waals surface area contributed by atoms with Gasteiger partial charge in [-0.3, -0.25) is 0 Å². The van der Waals surface area contributed by atoms with E-state index in [1.165, 1.54) is 0 Å². The smallest absolute Gasteiger partial charge is 0.282 e. The summed E-state index contributed by atoms with van der Waals surface area (Å²) in [7, 11) is -3.35. The first-order valence-corrected chi connectivity index (χ1v) is 9.05. The Morgan fingerprint density at radius 2 is 1.95 bits per heavy atom. The summed E-state index contributed by atoms with van der Waals surface area (Å²) in [6.45, 7) is 7.59. The summed E-state index contributed by atoms with van der Waals surface area (Å²) < 4.78 is 34.2. The summed E-state index contributed by atoms with van der Waals surface area (Å²) >= 11 is 0. The summed E-state index contributed by atoms with van der Waals surface area (Å²) in [5.41, 5.74) is 0. The quantitative estimate of drug-likeness (QED) is 0.799. The van der Waals surface area contributed by atoms with E-state index < -0.39 is 10.2 Å². The van der Waals surface area contributed by atoms with E-state index >= 15 is 0 Å². The van der Waals surface area contributed by atoms with Gasteiger partial charge in [-0.25, -0.2) is 0 Å². The lowest BCUT2D eigenvalue weighted by Crippen LogP contribution is -2.58. The maximum atomic E-state index is 12.8. The zero-order valence-electron chi connectivity index (χ0n) is 12.5. The molecule has 0 aromatic carbocycles. The van der Waals surface area contributed by atoms with Crippen molar-refractivity contribution < 1.29 is 13.2 Å². The van der Waals surface area contributed by atoms with Crippen LogP contribution in [0.15, 0.2) is 0 Å². The Balaban J connectivity index is 2.13. The molecule has 2 atom stereocenters. The number of morpholine rings is 1. The second-order valence-corrected chi connectivity index (χ2v) is 7.42. The molecular formula is C13H27N3O3S. The lowest BCUT2D eigenvalue weighted by Gasteiger charge is -2.41. The number of hydrogen-bond acceptors (Lipinski definition) is 4. The molecule has 0 saturated carbocycles. The van der Waals surface area contributed by atoms with Crippen LogP contribution in [0, 0.1) is 0 Å². The van der Waals surface area contributed by atoms with E-state index in [4.69, 9.17) is 4.74 Å². The molecule has 0 bridgehead atoms. The highest BCUT2D eigenvalue weighted by atomic mass is 32.2. The minimum absolute atomic E-state index is 0.0662. The van der Waals surface area contributed by atoms with Crippen LogP contribution in [0.2, 0.25) is 0 Å². The minimum Gasteiger partial charge on any atom is -0.379 e. The van der Waals surface area contributed by atoms with Gasteiger partial charge in [0.05, 0.1) is 13.2 Å². The van der Waals surface area contributed by atoms with Crippen molar-refractivity contribution in [2.75, 3.05) is 39.4 Å². The predicted octanol–water partition coefficient (Wildman–Crippen LogP) is 0.416. The molecule has 2 aliphatic rings. The monoisotopic (exact) mass is 305 g/mol. The molecule has 0 radical (unpaired) electrons. The lowest BCUT2D eigenvalue weighted by molar-refractivity contribution is 0.0674. The van der Waals surface area contributed by atoms with Crippen LogP contribution >= 0.6 is 0 Å². The van der Waals surface area contributed by atoms with Crippen molar-refractivity contribution >= 4 is 10.2 Å². The van der Waals surface area contributed by atoms with Gasteiger partial charge in [-0.15, -0.1) is 0 Å². The van der Waals surface area contributed by atoms with E-state index in [1.807, 2.05) is 0 Å². The van der Waals surface area contributed by atoms with Gasteiger partial charge in [0.15, 0.2) is 0 Å². The van der Waals surface area contributed by atoms with Gasteiger partial charge >= 0.3 is 0 Å². The largest absolute Gasteiger partial charge is 0.379 e. The molecule has 6 nitrogen and oxygen atoms in total. The van der Waals surface area contributed by atoms with Crippen molar-refractivity contribution in [2.45, 2.75) is 45.2 Å². The van der Waals surface area contributed by atoms with Gasteiger partial charge < -0.3 is 10.1 Å². The molecule has 0 aromatic heterocycles. The van der Waals surface area contributed by atoms with Crippen LogP contribution in [0.5, 0.6) is 0 Å². The Hall–Kier alpha value is -0.210. The molecule has 0 aromatic rings. The number of hydrogen-bond donors (Lipinski definition) is 1. The third-order valence-corrected chi connectivity index (χ3v) is 6.26. The van der Waals surface area contributed by atoms with Crippen LogP contribution in [-0.4, -0.2) is 68.5 Å². The fourth-order valence-electron chi connectivity index (χ4n) is 3.10. The van der Waals surface area contributed by atoms with Crippen molar-refractivity contribution in [3.63, 3.8) is 0 Å². The second-order valence-electron chi connectivity index (χ2n) is 5.54. The van der Waals surface area contributed by atoms with Crippen molar-refractivity contribution in [3.8, 4) is 0 Å². The number of nitrogens with zero attached hydrogens (tertiary/aromatic N) is 2. The minimum atomic E-state index is -3.35. The van der Waals surface area contributed by atoms with Crippen LogP contribution in [0.4, 0.5) is 0 Å². The van der Waals surface area contributed by atoms with E-state index in [-0.39, 0.29) is 12.1 Å². The van der Waals surface area contributed by atoms with E-state index in [2.05, 4.69) is 19.2 Å². The van der Waals surface area contributed by atoms with Crippen molar-refractivity contribution in [1.29, 1.82) is 0 Å². The van der Waals surface area contributed by atoms with Gasteiger partial charge in [-0.1, -0.05) is 13.3 Å². The van der Waals surface area contributed by atoms with Crippen LogP contribution in [0.25, 0.3) is 0 Å². The first kappa shape index (κ1) is 16.2. The van der Waals surface area contributed by atoms with E-state index in [0.717, 1.165) is 25.8 Å². The molecule has 2 heterocycles. The first-order chi connectivity index (χ1) is 9.57. The van der Waals surface area contributed by atoms with Crippen molar-refractivity contribution in [1.82, 2.24) is 13.9 Å². The summed E-state index contributed by atoms with van der Waals surface area (Å²) in [5.74, 6) is 0. The SMILES string of the molecule is CCNC(C)C1CCCCN1S(=O)(=O)N1CCOCC1. The summed E-state index contributed by atoms with van der Waals surface area (Å²) in [5, 5.41) is 3.37. The van der Waals surface area contributed by atoms with Crippen molar-refractivity contribution in [3.05, 3.63) is 0 Å². The molecule has 2 saturated heterocycles. The zero-order chi connectivity index (χ0) is 14.6. The molecule has 0 aliphatic carbocycles. The van der Waals surface area contributed by atoms with E-state index in [9.17, 15) is 8.42 Å². The van der Waals surface area contributed by atoms with Crippen LogP contribution in [0.3, 0.4) is 0 Å². The first-order valence-electron chi connectivity index (χ1n) is 7.65. The lowest BCUT2D eigenvalue weighted by atomic mass is 9.99. The molecular weight excluding hydrogens is 278 g/mol. The van der Waals surface area contributed by atoms with Gasteiger partial charge in [-0.05, 0) is 26.3 Å². The molecule has 2 unspecified atom stereocenters. The van der Waals surface area contributed by atoms with Crippen LogP contribution in [0.1, 0.15) is 33.1 Å². The molecule has 2 fully saturated rings. The maximum absolute atomic E-state index is 12.8. The molecule has 20 heavy (non-hydrogen) atoms. The van der Waals surface area contributed by atoms with Gasteiger partial charge in [-0.2, -0.15) is 17.0 Å². The predicted molar refractivity (Wildman–Crippen MR) is 78.8 cm³/mol. The van der Waals surface area contributed by atoms with Gasteiger partial charge in [0.1, 0.15) is 0 Å². The zero-order valence-corrected chi connectivity index (χ0v) is 13.4. The third kappa shape index (κ3) is 3.51. The molecule has 2 rings (SSSR count). The fraction of sp³-hybridized carbons (Fsp3) is 1.00. The molecule has 0 amide bonds. The second kappa shape index (κ2) is 7.17. The van der Waals surface area contributed by atoms with Gasteiger partial charge in [0, 0.05) is 31.7 Å². The Labute approximate surface area is 122 Å². The summed E-state index contributed by atoms with van der Waals surface area (Å²) in [4.78, 5) is 0. The van der Waals surface area contributed by atoms with Crippen LogP contribution in [-0.2, 0) is 14.9 Å². The highest BCUT2D eigenvalue weighted by Gasteiger charge is 2.39. The van der Waals surface area contributed by atoms with Gasteiger partial charge in [0.25, 0.3) is 10.2 Å². The highest BCUT2D eigenvalue weighted by molar-refractivity contribution is 7.86. The van der Waals surface area contributed by atoms with Crippen LogP contribution < -0.4 is 5.32 Å². The number of nitrogens with one attached hydrogen (secondary N) is 1. The molecule has 0 spiro atoms. The number of piperidine rings is 1. The average Bonchev–Trinajstić information content (AvgIpc) is 2.48. The van der Waals surface area contributed by atoms with E-state index in [0.29, 0.717) is 32.8 Å². The Morgan fingerprint density at radius 3 is 2.60 bits per heavy atom. The molecule has 7 heteroatoms. The highest BCUT2D eigenvalue weighted by Crippen LogP contribution is 2.25. The number of rotatable bonds is 5. The Kier molecular flexibility index (Phi) is 5.80. The molecule has 1 N–H and O–H groups in total. The fourth-order valence-corrected chi connectivity index (χ4v) is 5.00. The normalized spacial score (nSPS) is 28.4. The average molecular weight is 305 g/mol. The molecule has 2 aliphatic heterocycles. The van der Waals surface area contributed by atoms with Crippen molar-refractivity contribution in [2.24, 2.45) is 0 Å². The standard InChI is InChI=1S/C13H27N3O3S/c1-3-14-12(2)13-6-4-5-7-16(13)20(17,18)15-8-10-19-11-9-15/h12-14H,3-11H2,1-2H3. The van der Waals surface area contributed by atoms with E-state index in [1.54, 1.807) is 8.61 Å². The third-order valence-electron chi connectivity index (χ3n) is 4.19. The Bertz CT molecular complexity index is 396.